The number of carbonyl (C=O) groups is 2. The second-order valence-corrected chi connectivity index (χ2v) is 7.32. The van der Waals surface area contributed by atoms with E-state index < -0.39 is 5.91 Å². The maximum Gasteiger partial charge on any atom is 0.254 e. The monoisotopic (exact) mass is 449 g/mol. The molecule has 2 aromatic carbocycles. The van der Waals surface area contributed by atoms with Gasteiger partial charge in [-0.05, 0) is 36.8 Å². The van der Waals surface area contributed by atoms with Gasteiger partial charge >= 0.3 is 0 Å². The lowest BCUT2D eigenvalue weighted by Gasteiger charge is -2.13. The van der Waals surface area contributed by atoms with Gasteiger partial charge in [0.15, 0.2) is 0 Å². The zero-order chi connectivity index (χ0) is 23.5. The molecule has 3 N–H and O–H groups in total. The SMILES string of the molecule is COc1ccc(NC(=O)/C(=C/CCCCC(=O)NO)COc2cccc3ccccc23)cn1. The molecular formula is C25H27N3O5. The number of methoxy groups -OCH3 is 1. The third-order valence-electron chi connectivity index (χ3n) is 5.00. The molecule has 3 aromatic rings. The molecule has 0 saturated heterocycles. The van der Waals surface area contributed by atoms with Crippen LogP contribution in [0, 0.1) is 0 Å². The van der Waals surface area contributed by atoms with Gasteiger partial charge in [0.05, 0.1) is 24.6 Å². The smallest absolute Gasteiger partial charge is 0.254 e. The summed E-state index contributed by atoms with van der Waals surface area (Å²) in [5.74, 6) is 0.422. The van der Waals surface area contributed by atoms with Crippen molar-refractivity contribution in [3.05, 3.63) is 72.4 Å². The molecule has 0 radical (unpaired) electrons. The molecule has 33 heavy (non-hydrogen) atoms. The van der Waals surface area contributed by atoms with Crippen LogP contribution in [0.5, 0.6) is 11.6 Å². The third-order valence-corrected chi connectivity index (χ3v) is 5.00. The number of ether oxygens (including phenoxy) is 2. The number of nitrogens with one attached hydrogen (secondary N) is 2. The number of rotatable bonds is 11. The van der Waals surface area contributed by atoms with Gasteiger partial charge in [-0.1, -0.05) is 42.5 Å². The molecule has 0 atom stereocenters. The molecule has 1 heterocycles. The molecule has 0 aliphatic heterocycles. The van der Waals surface area contributed by atoms with E-state index in [-0.39, 0.29) is 18.9 Å². The van der Waals surface area contributed by atoms with Crippen molar-refractivity contribution < 1.29 is 24.3 Å². The van der Waals surface area contributed by atoms with Gasteiger partial charge in [-0.25, -0.2) is 10.5 Å². The molecule has 0 fully saturated rings. The second kappa shape index (κ2) is 12.2. The summed E-state index contributed by atoms with van der Waals surface area (Å²) < 4.78 is 11.1. The fourth-order valence-electron chi connectivity index (χ4n) is 3.24. The Morgan fingerprint density at radius 1 is 1.06 bits per heavy atom. The Balaban J connectivity index is 1.70. The molecule has 0 unspecified atom stereocenters. The molecule has 1 aromatic heterocycles. The van der Waals surface area contributed by atoms with E-state index in [2.05, 4.69) is 10.3 Å². The molecule has 172 valence electrons. The van der Waals surface area contributed by atoms with Gasteiger partial charge in [-0.15, -0.1) is 0 Å². The lowest BCUT2D eigenvalue weighted by atomic mass is 10.1. The summed E-state index contributed by atoms with van der Waals surface area (Å²) in [6.45, 7) is 0.0839. The van der Waals surface area contributed by atoms with Gasteiger partial charge in [0.1, 0.15) is 12.4 Å². The van der Waals surface area contributed by atoms with E-state index >= 15 is 0 Å². The normalized spacial score (nSPS) is 11.2. The van der Waals surface area contributed by atoms with Crippen LogP contribution in [-0.4, -0.2) is 35.7 Å². The van der Waals surface area contributed by atoms with Gasteiger partial charge in [0.25, 0.3) is 5.91 Å². The Hall–Kier alpha value is -3.91. The minimum atomic E-state index is -0.428. The standard InChI is InChI=1S/C25H27N3O5/c1-32-24-15-14-20(16-26-24)27-25(30)19(9-3-2-4-13-23(29)28-31)17-33-22-12-7-10-18-8-5-6-11-21(18)22/h5-12,14-16,31H,2-4,13,17H2,1H3,(H,27,30)(H,28,29)/b19-9+. The minimum absolute atomic E-state index is 0.0839. The van der Waals surface area contributed by atoms with Gasteiger partial charge in [-0.2, -0.15) is 0 Å². The number of hydroxylamine groups is 1. The van der Waals surface area contributed by atoms with Crippen molar-refractivity contribution in [2.75, 3.05) is 19.0 Å². The summed E-state index contributed by atoms with van der Waals surface area (Å²) in [4.78, 5) is 28.2. The van der Waals surface area contributed by atoms with Crippen molar-refractivity contribution in [3.63, 3.8) is 0 Å². The Morgan fingerprint density at radius 2 is 1.88 bits per heavy atom. The maximum atomic E-state index is 13.0. The van der Waals surface area contributed by atoms with E-state index in [9.17, 15) is 9.59 Å². The number of anilines is 1. The van der Waals surface area contributed by atoms with Crippen LogP contribution in [0.2, 0.25) is 0 Å². The number of unbranched alkanes of at least 4 members (excludes halogenated alkanes) is 2. The Morgan fingerprint density at radius 3 is 2.64 bits per heavy atom. The van der Waals surface area contributed by atoms with Crippen molar-refractivity contribution in [3.8, 4) is 11.6 Å². The van der Waals surface area contributed by atoms with Crippen molar-refractivity contribution in [1.29, 1.82) is 0 Å². The number of amides is 2. The predicted molar refractivity (Wildman–Crippen MR) is 125 cm³/mol. The summed E-state index contributed by atoms with van der Waals surface area (Å²) in [7, 11) is 1.52. The number of hydrogen-bond donors (Lipinski definition) is 3. The Bertz CT molecular complexity index is 1110. The first kappa shape index (κ1) is 23.7. The van der Waals surface area contributed by atoms with Gasteiger partial charge < -0.3 is 14.8 Å². The highest BCUT2D eigenvalue weighted by molar-refractivity contribution is 6.04. The largest absolute Gasteiger partial charge is 0.488 e. The number of pyridine rings is 1. The molecule has 0 aliphatic carbocycles. The molecule has 3 rings (SSSR count). The van der Waals surface area contributed by atoms with E-state index in [0.29, 0.717) is 42.2 Å². The summed E-state index contributed by atoms with van der Waals surface area (Å²) in [6.07, 6.45) is 5.41. The first-order chi connectivity index (χ1) is 16.1. The molecule has 8 heteroatoms. The maximum absolute atomic E-state index is 13.0. The molecule has 2 amide bonds. The highest BCUT2D eigenvalue weighted by Crippen LogP contribution is 2.25. The minimum Gasteiger partial charge on any atom is -0.488 e. The molecule has 0 aliphatic rings. The first-order valence-corrected chi connectivity index (χ1v) is 10.6. The summed E-state index contributed by atoms with van der Waals surface area (Å²) in [6, 6.07) is 17.1. The number of aromatic nitrogens is 1. The van der Waals surface area contributed by atoms with Crippen LogP contribution < -0.4 is 20.3 Å². The zero-order valence-electron chi connectivity index (χ0n) is 18.4. The van der Waals surface area contributed by atoms with Crippen LogP contribution >= 0.6 is 0 Å². The molecule has 8 nitrogen and oxygen atoms in total. The summed E-state index contributed by atoms with van der Waals surface area (Å²) in [5, 5.41) is 13.4. The Kier molecular flexibility index (Phi) is 8.79. The number of fused-ring (bicyclic) bond motifs is 1. The van der Waals surface area contributed by atoms with Crippen molar-refractivity contribution in [2.24, 2.45) is 0 Å². The quantitative estimate of drug-likeness (QED) is 0.175. The molecule has 0 bridgehead atoms. The van der Waals surface area contributed by atoms with Crippen molar-refractivity contribution in [2.45, 2.75) is 25.7 Å². The number of nitrogens with zero attached hydrogens (tertiary/aromatic N) is 1. The van der Waals surface area contributed by atoms with Crippen LogP contribution in [0.3, 0.4) is 0 Å². The predicted octanol–water partition coefficient (Wildman–Crippen LogP) is 4.25. The second-order valence-electron chi connectivity index (χ2n) is 7.32. The molecule has 0 spiro atoms. The summed E-state index contributed by atoms with van der Waals surface area (Å²) >= 11 is 0. The van der Waals surface area contributed by atoms with E-state index in [1.807, 2.05) is 48.5 Å². The number of carbonyl (C=O) groups excluding carboxylic acids is 2. The van der Waals surface area contributed by atoms with Gasteiger partial charge in [0.2, 0.25) is 11.8 Å². The molecule has 0 saturated carbocycles. The lowest BCUT2D eigenvalue weighted by Crippen LogP contribution is -2.19. The van der Waals surface area contributed by atoms with E-state index in [0.717, 1.165) is 10.8 Å². The highest BCUT2D eigenvalue weighted by Gasteiger charge is 2.12. The third kappa shape index (κ3) is 7.05. The average Bonchev–Trinajstić information content (AvgIpc) is 2.85. The fraction of sp³-hybridized carbons (Fsp3) is 0.240. The average molecular weight is 450 g/mol. The van der Waals surface area contributed by atoms with Crippen LogP contribution in [0.15, 0.2) is 72.4 Å². The number of benzene rings is 2. The van der Waals surface area contributed by atoms with Crippen LogP contribution in [0.1, 0.15) is 25.7 Å². The van der Waals surface area contributed by atoms with Crippen molar-refractivity contribution in [1.82, 2.24) is 10.5 Å². The van der Waals surface area contributed by atoms with Crippen molar-refractivity contribution >= 4 is 28.3 Å². The van der Waals surface area contributed by atoms with Gasteiger partial charge in [0, 0.05) is 17.9 Å². The molecular weight excluding hydrogens is 422 g/mol. The Labute approximate surface area is 192 Å². The first-order valence-electron chi connectivity index (χ1n) is 10.6. The highest BCUT2D eigenvalue weighted by atomic mass is 16.5. The van der Waals surface area contributed by atoms with E-state index in [1.165, 1.54) is 13.3 Å². The summed E-state index contributed by atoms with van der Waals surface area (Å²) in [5.41, 5.74) is 2.62. The number of allylic oxidation sites excluding steroid dienone is 1. The lowest BCUT2D eigenvalue weighted by molar-refractivity contribution is -0.129. The van der Waals surface area contributed by atoms with Crippen LogP contribution in [0.25, 0.3) is 10.8 Å². The van der Waals surface area contributed by atoms with Crippen LogP contribution in [-0.2, 0) is 9.59 Å². The topological polar surface area (TPSA) is 110 Å². The van der Waals surface area contributed by atoms with Gasteiger partial charge in [-0.3, -0.25) is 14.8 Å². The zero-order valence-corrected chi connectivity index (χ0v) is 18.4. The fourth-order valence-corrected chi connectivity index (χ4v) is 3.24. The number of hydrogen-bond acceptors (Lipinski definition) is 6. The van der Waals surface area contributed by atoms with Crippen LogP contribution in [0.4, 0.5) is 5.69 Å². The van der Waals surface area contributed by atoms with E-state index in [4.69, 9.17) is 14.7 Å². The van der Waals surface area contributed by atoms with E-state index in [1.54, 1.807) is 17.6 Å².